The number of aliphatic imine (C=N–C) groups is 1. The summed E-state index contributed by atoms with van der Waals surface area (Å²) in [5.74, 6) is 2.26. The first-order valence-corrected chi connectivity index (χ1v) is 7.46. The van der Waals surface area contributed by atoms with E-state index >= 15 is 0 Å². The Morgan fingerprint density at radius 1 is 1.45 bits per heavy atom. The summed E-state index contributed by atoms with van der Waals surface area (Å²) in [7, 11) is 0. The summed E-state index contributed by atoms with van der Waals surface area (Å²) in [6.45, 7) is 7.54. The second-order valence-corrected chi connectivity index (χ2v) is 5.41. The fourth-order valence-corrected chi connectivity index (χ4v) is 2.59. The lowest BCUT2D eigenvalue weighted by Crippen LogP contribution is -2.43. The van der Waals surface area contributed by atoms with Gasteiger partial charge in [-0.15, -0.1) is 0 Å². The molecule has 0 radical (unpaired) electrons. The normalized spacial score (nSPS) is 20.0. The van der Waals surface area contributed by atoms with Gasteiger partial charge in [0.1, 0.15) is 5.75 Å². The Bertz CT molecular complexity index is 459. The Labute approximate surface area is 121 Å². The zero-order valence-corrected chi connectivity index (χ0v) is 12.5. The number of benzene rings is 1. The Kier molecular flexibility index (Phi) is 5.27. The molecule has 0 aromatic heterocycles. The van der Waals surface area contributed by atoms with Gasteiger partial charge >= 0.3 is 0 Å². The maximum Gasteiger partial charge on any atom is 0.191 e. The Morgan fingerprint density at radius 2 is 2.25 bits per heavy atom. The number of nitrogens with zero attached hydrogens (tertiary/aromatic N) is 2. The number of hydrogen-bond acceptors (Lipinski definition) is 2. The van der Waals surface area contributed by atoms with Crippen molar-refractivity contribution >= 4 is 5.96 Å². The first kappa shape index (κ1) is 14.7. The van der Waals surface area contributed by atoms with Crippen molar-refractivity contribution in [3.8, 4) is 5.75 Å². The van der Waals surface area contributed by atoms with Crippen molar-refractivity contribution in [2.75, 3.05) is 19.7 Å². The van der Waals surface area contributed by atoms with Crippen molar-refractivity contribution in [3.05, 3.63) is 29.8 Å². The maximum atomic E-state index is 6.12. The molecule has 1 aromatic carbocycles. The van der Waals surface area contributed by atoms with Gasteiger partial charge in [-0.25, -0.2) is 4.99 Å². The molecule has 1 aliphatic rings. The minimum absolute atomic E-state index is 0.576. The molecule has 0 aliphatic carbocycles. The summed E-state index contributed by atoms with van der Waals surface area (Å²) in [5, 5.41) is 0. The number of ether oxygens (including phenoxy) is 1. The van der Waals surface area contributed by atoms with Crippen LogP contribution in [0.2, 0.25) is 0 Å². The Morgan fingerprint density at radius 3 is 3.00 bits per heavy atom. The van der Waals surface area contributed by atoms with Gasteiger partial charge in [0.05, 0.1) is 13.2 Å². The lowest BCUT2D eigenvalue weighted by atomic mass is 10.0. The lowest BCUT2D eigenvalue weighted by Gasteiger charge is -2.31. The quantitative estimate of drug-likeness (QED) is 0.679. The number of hydrogen-bond donors (Lipinski definition) is 1. The maximum absolute atomic E-state index is 6.12. The van der Waals surface area contributed by atoms with Crippen LogP contribution >= 0.6 is 0 Å². The van der Waals surface area contributed by atoms with E-state index in [-0.39, 0.29) is 0 Å². The molecule has 20 heavy (non-hydrogen) atoms. The van der Waals surface area contributed by atoms with Crippen LogP contribution < -0.4 is 10.5 Å². The Balaban J connectivity index is 2.01. The molecule has 0 spiro atoms. The molecule has 110 valence electrons. The van der Waals surface area contributed by atoms with Gasteiger partial charge in [-0.3, -0.25) is 0 Å². The van der Waals surface area contributed by atoms with Crippen LogP contribution in [0.3, 0.4) is 0 Å². The van der Waals surface area contributed by atoms with Crippen molar-refractivity contribution in [1.82, 2.24) is 4.90 Å². The summed E-state index contributed by atoms with van der Waals surface area (Å²) < 4.78 is 5.61. The molecule has 1 fully saturated rings. The van der Waals surface area contributed by atoms with Gasteiger partial charge in [0, 0.05) is 18.7 Å². The lowest BCUT2D eigenvalue weighted by molar-refractivity contribution is 0.270. The standard InChI is InChI=1S/C16H25N3O/c1-3-20-15-9-5-4-8-14(15)11-18-16(17)19-10-6-7-13(2)12-19/h4-5,8-9,13H,3,6-7,10-12H2,1-2H3,(H2,17,18). The van der Waals surface area contributed by atoms with Gasteiger partial charge in [0.25, 0.3) is 0 Å². The van der Waals surface area contributed by atoms with E-state index in [9.17, 15) is 0 Å². The topological polar surface area (TPSA) is 50.9 Å². The van der Waals surface area contributed by atoms with Crippen LogP contribution in [0.1, 0.15) is 32.3 Å². The monoisotopic (exact) mass is 275 g/mol. The fraction of sp³-hybridized carbons (Fsp3) is 0.562. The average molecular weight is 275 g/mol. The van der Waals surface area contributed by atoms with Gasteiger partial charge in [-0.2, -0.15) is 0 Å². The highest BCUT2D eigenvalue weighted by Crippen LogP contribution is 2.19. The largest absolute Gasteiger partial charge is 0.494 e. The average Bonchev–Trinajstić information content (AvgIpc) is 2.46. The molecule has 1 heterocycles. The zero-order chi connectivity index (χ0) is 14.4. The molecular formula is C16H25N3O. The second-order valence-electron chi connectivity index (χ2n) is 5.41. The molecule has 4 heteroatoms. The minimum atomic E-state index is 0.576. The summed E-state index contributed by atoms with van der Waals surface area (Å²) in [4.78, 5) is 6.73. The molecule has 0 bridgehead atoms. The predicted octanol–water partition coefficient (Wildman–Crippen LogP) is 2.63. The number of para-hydroxylation sites is 1. The van der Waals surface area contributed by atoms with E-state index in [1.807, 2.05) is 31.2 Å². The van der Waals surface area contributed by atoms with Gasteiger partial charge < -0.3 is 15.4 Å². The smallest absolute Gasteiger partial charge is 0.191 e. The third-order valence-electron chi connectivity index (χ3n) is 3.66. The molecule has 1 aromatic rings. The molecular weight excluding hydrogens is 250 g/mol. The van der Waals surface area contributed by atoms with E-state index in [0.29, 0.717) is 25.0 Å². The van der Waals surface area contributed by atoms with Crippen molar-refractivity contribution in [2.24, 2.45) is 16.6 Å². The van der Waals surface area contributed by atoms with Crippen LogP contribution in [0.4, 0.5) is 0 Å². The molecule has 2 N–H and O–H groups in total. The summed E-state index contributed by atoms with van der Waals surface area (Å²) in [6, 6.07) is 8.01. The van der Waals surface area contributed by atoms with Gasteiger partial charge in [-0.05, 0) is 31.7 Å². The molecule has 1 saturated heterocycles. The number of guanidine groups is 1. The van der Waals surface area contributed by atoms with Gasteiger partial charge in [0.15, 0.2) is 5.96 Å². The first-order chi connectivity index (χ1) is 9.70. The zero-order valence-electron chi connectivity index (χ0n) is 12.5. The van der Waals surface area contributed by atoms with Crippen LogP contribution in [0, 0.1) is 5.92 Å². The Hall–Kier alpha value is -1.71. The van der Waals surface area contributed by atoms with Crippen molar-refractivity contribution in [2.45, 2.75) is 33.2 Å². The molecule has 0 amide bonds. The van der Waals surface area contributed by atoms with Crippen molar-refractivity contribution in [3.63, 3.8) is 0 Å². The molecule has 1 aliphatic heterocycles. The molecule has 2 rings (SSSR count). The highest BCUT2D eigenvalue weighted by molar-refractivity contribution is 5.78. The highest BCUT2D eigenvalue weighted by Gasteiger charge is 2.17. The van der Waals surface area contributed by atoms with Crippen LogP contribution in [-0.2, 0) is 6.54 Å². The predicted molar refractivity (Wildman–Crippen MR) is 82.9 cm³/mol. The number of likely N-dealkylation sites (tertiary alicyclic amines) is 1. The van der Waals surface area contributed by atoms with Crippen LogP contribution in [0.5, 0.6) is 5.75 Å². The van der Waals surface area contributed by atoms with E-state index in [1.54, 1.807) is 0 Å². The SMILES string of the molecule is CCOc1ccccc1CN=C(N)N1CCCC(C)C1. The highest BCUT2D eigenvalue weighted by atomic mass is 16.5. The van der Waals surface area contributed by atoms with Crippen LogP contribution in [0.15, 0.2) is 29.3 Å². The molecule has 0 saturated carbocycles. The van der Waals surface area contributed by atoms with Crippen molar-refractivity contribution in [1.29, 1.82) is 0 Å². The summed E-state index contributed by atoms with van der Waals surface area (Å²) in [6.07, 6.45) is 2.49. The second kappa shape index (κ2) is 7.17. The van der Waals surface area contributed by atoms with Crippen molar-refractivity contribution < 1.29 is 4.74 Å². The van der Waals surface area contributed by atoms with E-state index in [0.717, 1.165) is 24.4 Å². The number of piperidine rings is 1. The van der Waals surface area contributed by atoms with Gasteiger partial charge in [-0.1, -0.05) is 25.1 Å². The third kappa shape index (κ3) is 3.89. The van der Waals surface area contributed by atoms with E-state index < -0.39 is 0 Å². The van der Waals surface area contributed by atoms with Crippen LogP contribution in [0.25, 0.3) is 0 Å². The third-order valence-corrected chi connectivity index (χ3v) is 3.66. The van der Waals surface area contributed by atoms with E-state index in [4.69, 9.17) is 10.5 Å². The van der Waals surface area contributed by atoms with E-state index in [1.165, 1.54) is 12.8 Å². The molecule has 4 nitrogen and oxygen atoms in total. The van der Waals surface area contributed by atoms with Crippen LogP contribution in [-0.4, -0.2) is 30.6 Å². The summed E-state index contributed by atoms with van der Waals surface area (Å²) >= 11 is 0. The molecule has 1 unspecified atom stereocenters. The fourth-order valence-electron chi connectivity index (χ4n) is 2.59. The van der Waals surface area contributed by atoms with Gasteiger partial charge in [0.2, 0.25) is 0 Å². The molecule has 1 atom stereocenters. The summed E-state index contributed by atoms with van der Waals surface area (Å²) in [5.41, 5.74) is 7.20. The minimum Gasteiger partial charge on any atom is -0.494 e. The first-order valence-electron chi connectivity index (χ1n) is 7.46. The number of nitrogens with two attached hydrogens (primary N) is 1. The van der Waals surface area contributed by atoms with E-state index in [2.05, 4.69) is 16.8 Å². The number of rotatable bonds is 4.